The highest BCUT2D eigenvalue weighted by atomic mass is 19.1. The first-order valence-corrected chi connectivity index (χ1v) is 9.89. The topological polar surface area (TPSA) is 84.7 Å². The zero-order valence-electron chi connectivity index (χ0n) is 16.3. The van der Waals surface area contributed by atoms with E-state index in [9.17, 15) is 14.0 Å². The van der Waals surface area contributed by atoms with Gasteiger partial charge in [0.05, 0.1) is 17.3 Å². The number of ketones is 1. The van der Waals surface area contributed by atoms with Crippen molar-refractivity contribution in [2.75, 3.05) is 31.6 Å². The lowest BCUT2D eigenvalue weighted by molar-refractivity contribution is 0.0813. The van der Waals surface area contributed by atoms with Gasteiger partial charge in [0.1, 0.15) is 12.4 Å². The predicted molar refractivity (Wildman–Crippen MR) is 109 cm³/mol. The van der Waals surface area contributed by atoms with Crippen molar-refractivity contribution >= 4 is 28.5 Å². The van der Waals surface area contributed by atoms with Crippen LogP contribution in [0.4, 0.5) is 14.9 Å². The highest BCUT2D eigenvalue weighted by molar-refractivity contribution is 5.98. The van der Waals surface area contributed by atoms with Gasteiger partial charge in [0.25, 0.3) is 0 Å². The lowest BCUT2D eigenvalue weighted by atomic mass is 9.89. The SMILES string of the molecule is O=C(Nc1cccc2oncc12)OCCN1CCC(C(=O)c2ccc(F)cc2)CC1. The number of Topliss-reactive ketones (excluding diaryl/α,β-unsaturated/α-hetero) is 1. The molecule has 0 atom stereocenters. The number of anilines is 1. The van der Waals surface area contributed by atoms with E-state index in [2.05, 4.69) is 15.4 Å². The van der Waals surface area contributed by atoms with Crippen molar-refractivity contribution in [3.05, 3.63) is 60.0 Å². The van der Waals surface area contributed by atoms with Gasteiger partial charge in [-0.25, -0.2) is 9.18 Å². The Kier molecular flexibility index (Phi) is 6.04. The van der Waals surface area contributed by atoms with Gasteiger partial charge < -0.3 is 9.26 Å². The maximum absolute atomic E-state index is 13.0. The van der Waals surface area contributed by atoms with Crippen LogP contribution in [-0.2, 0) is 4.74 Å². The molecule has 0 aliphatic carbocycles. The highest BCUT2D eigenvalue weighted by Crippen LogP contribution is 2.23. The fraction of sp³-hybridized carbons (Fsp3) is 0.318. The summed E-state index contributed by atoms with van der Waals surface area (Å²) in [5, 5.41) is 7.13. The standard InChI is InChI=1S/C22H22FN3O4/c23-17-6-4-15(5-7-17)21(27)16-8-10-26(11-9-16)12-13-29-22(28)25-19-2-1-3-20-18(19)14-24-30-20/h1-7,14,16H,8-13H2,(H,25,28). The number of amides is 1. The second-order valence-corrected chi connectivity index (χ2v) is 7.29. The molecular formula is C22H22FN3O4. The van der Waals surface area contributed by atoms with Gasteiger partial charge in [0.15, 0.2) is 11.4 Å². The zero-order chi connectivity index (χ0) is 20.9. The van der Waals surface area contributed by atoms with Crippen molar-refractivity contribution in [2.24, 2.45) is 5.92 Å². The second kappa shape index (κ2) is 9.04. The molecule has 1 aliphatic heterocycles. The fourth-order valence-electron chi connectivity index (χ4n) is 3.68. The van der Waals surface area contributed by atoms with Gasteiger partial charge >= 0.3 is 6.09 Å². The number of nitrogens with zero attached hydrogens (tertiary/aromatic N) is 2. The summed E-state index contributed by atoms with van der Waals surface area (Å²) < 4.78 is 23.4. The Labute approximate surface area is 172 Å². The summed E-state index contributed by atoms with van der Waals surface area (Å²) in [5.41, 5.74) is 1.72. The largest absolute Gasteiger partial charge is 0.448 e. The molecule has 0 spiro atoms. The Morgan fingerprint density at radius 1 is 1.17 bits per heavy atom. The van der Waals surface area contributed by atoms with E-state index in [0.29, 0.717) is 28.8 Å². The second-order valence-electron chi connectivity index (χ2n) is 7.29. The Hall–Kier alpha value is -3.26. The van der Waals surface area contributed by atoms with E-state index >= 15 is 0 Å². The van der Waals surface area contributed by atoms with E-state index in [1.165, 1.54) is 24.3 Å². The summed E-state index contributed by atoms with van der Waals surface area (Å²) in [6, 6.07) is 11.0. The first-order chi connectivity index (χ1) is 14.6. The minimum atomic E-state index is -0.537. The Morgan fingerprint density at radius 3 is 2.70 bits per heavy atom. The summed E-state index contributed by atoms with van der Waals surface area (Å²) in [7, 11) is 0. The fourth-order valence-corrected chi connectivity index (χ4v) is 3.68. The molecule has 7 nitrogen and oxygen atoms in total. The molecule has 30 heavy (non-hydrogen) atoms. The third-order valence-corrected chi connectivity index (χ3v) is 5.36. The number of carbonyl (C=O) groups is 2. The summed E-state index contributed by atoms with van der Waals surface area (Å²) >= 11 is 0. The number of aromatic nitrogens is 1. The molecule has 2 heterocycles. The van der Waals surface area contributed by atoms with E-state index in [0.717, 1.165) is 25.9 Å². The molecule has 4 rings (SSSR count). The van der Waals surface area contributed by atoms with Crippen LogP contribution in [-0.4, -0.2) is 48.2 Å². The minimum Gasteiger partial charge on any atom is -0.448 e. The van der Waals surface area contributed by atoms with Crippen LogP contribution in [0, 0.1) is 11.7 Å². The Bertz CT molecular complexity index is 1030. The number of fused-ring (bicyclic) bond motifs is 1. The molecule has 1 N–H and O–H groups in total. The summed E-state index contributed by atoms with van der Waals surface area (Å²) in [4.78, 5) is 26.8. The van der Waals surface area contributed by atoms with Gasteiger partial charge in [0, 0.05) is 18.0 Å². The van der Waals surface area contributed by atoms with Gasteiger partial charge in [-0.15, -0.1) is 0 Å². The normalized spacial score (nSPS) is 15.2. The van der Waals surface area contributed by atoms with Gasteiger partial charge in [0.2, 0.25) is 0 Å². The lowest BCUT2D eigenvalue weighted by Crippen LogP contribution is -2.38. The van der Waals surface area contributed by atoms with E-state index in [-0.39, 0.29) is 24.1 Å². The van der Waals surface area contributed by atoms with Crippen molar-refractivity contribution in [3.8, 4) is 0 Å². The zero-order valence-corrected chi connectivity index (χ0v) is 16.3. The quantitative estimate of drug-likeness (QED) is 0.615. The van der Waals surface area contributed by atoms with Crippen molar-refractivity contribution in [3.63, 3.8) is 0 Å². The van der Waals surface area contributed by atoms with Crippen molar-refractivity contribution in [1.82, 2.24) is 10.1 Å². The predicted octanol–water partition coefficient (Wildman–Crippen LogP) is 4.11. The molecule has 1 aromatic heterocycles. The van der Waals surface area contributed by atoms with Crippen LogP contribution < -0.4 is 5.32 Å². The third-order valence-electron chi connectivity index (χ3n) is 5.36. The molecule has 3 aromatic rings. The molecule has 1 saturated heterocycles. The van der Waals surface area contributed by atoms with Gasteiger partial charge in [-0.3, -0.25) is 15.0 Å². The smallest absolute Gasteiger partial charge is 0.411 e. The van der Waals surface area contributed by atoms with Crippen LogP contribution in [0.25, 0.3) is 11.0 Å². The van der Waals surface area contributed by atoms with Crippen LogP contribution >= 0.6 is 0 Å². The van der Waals surface area contributed by atoms with Crippen LogP contribution in [0.1, 0.15) is 23.2 Å². The first kappa shape index (κ1) is 20.0. The van der Waals surface area contributed by atoms with Crippen LogP contribution in [0.15, 0.2) is 53.2 Å². The lowest BCUT2D eigenvalue weighted by Gasteiger charge is -2.31. The van der Waals surface area contributed by atoms with E-state index in [4.69, 9.17) is 9.26 Å². The monoisotopic (exact) mass is 411 g/mol. The number of hydrogen-bond donors (Lipinski definition) is 1. The van der Waals surface area contributed by atoms with Crippen LogP contribution in [0.3, 0.4) is 0 Å². The Balaban J connectivity index is 1.19. The molecule has 8 heteroatoms. The number of rotatable bonds is 6. The first-order valence-electron chi connectivity index (χ1n) is 9.89. The van der Waals surface area contributed by atoms with E-state index < -0.39 is 6.09 Å². The third kappa shape index (κ3) is 4.65. The number of likely N-dealkylation sites (tertiary alicyclic amines) is 1. The molecule has 0 unspecified atom stereocenters. The van der Waals surface area contributed by atoms with Gasteiger partial charge in [-0.1, -0.05) is 11.2 Å². The summed E-state index contributed by atoms with van der Waals surface area (Å²) in [5.74, 6) is -0.336. The average molecular weight is 411 g/mol. The number of piperidine rings is 1. The van der Waals surface area contributed by atoms with Crippen molar-refractivity contribution in [1.29, 1.82) is 0 Å². The summed E-state index contributed by atoms with van der Waals surface area (Å²) in [6.45, 7) is 2.36. The minimum absolute atomic E-state index is 0.0556. The molecule has 1 fully saturated rings. The van der Waals surface area contributed by atoms with Gasteiger partial charge in [-0.05, 0) is 62.3 Å². The molecule has 1 amide bonds. The molecular weight excluding hydrogens is 389 g/mol. The molecule has 156 valence electrons. The van der Waals surface area contributed by atoms with Gasteiger partial charge in [-0.2, -0.15) is 0 Å². The number of hydrogen-bond acceptors (Lipinski definition) is 6. The number of halogens is 1. The number of nitrogens with one attached hydrogen (secondary N) is 1. The number of carbonyl (C=O) groups excluding carboxylic acids is 2. The molecule has 0 saturated carbocycles. The van der Waals surface area contributed by atoms with E-state index in [1.54, 1.807) is 24.4 Å². The van der Waals surface area contributed by atoms with E-state index in [1.807, 2.05) is 0 Å². The summed E-state index contributed by atoms with van der Waals surface area (Å²) in [6.07, 6.45) is 2.48. The van der Waals surface area contributed by atoms with Crippen molar-refractivity contribution < 1.29 is 23.2 Å². The Morgan fingerprint density at radius 2 is 1.93 bits per heavy atom. The molecule has 0 radical (unpaired) electrons. The highest BCUT2D eigenvalue weighted by Gasteiger charge is 2.25. The average Bonchev–Trinajstić information content (AvgIpc) is 3.24. The molecule has 1 aliphatic rings. The molecule has 2 aromatic carbocycles. The molecule has 0 bridgehead atoms. The number of ether oxygens (including phenoxy) is 1. The van der Waals surface area contributed by atoms with Crippen LogP contribution in [0.2, 0.25) is 0 Å². The number of benzene rings is 2. The van der Waals surface area contributed by atoms with Crippen LogP contribution in [0.5, 0.6) is 0 Å². The maximum Gasteiger partial charge on any atom is 0.411 e. The maximum atomic E-state index is 13.0. The van der Waals surface area contributed by atoms with Crippen molar-refractivity contribution in [2.45, 2.75) is 12.8 Å².